The van der Waals surface area contributed by atoms with E-state index in [4.69, 9.17) is 5.10 Å². The SMILES string of the molecule is Cc1ccc([C@@H]2CC(c3ccc(C)cc3C)=NN2C(=O)CN2CCC(C)CC2)cc1. The van der Waals surface area contributed by atoms with E-state index in [-0.39, 0.29) is 11.9 Å². The van der Waals surface area contributed by atoms with E-state index in [0.29, 0.717) is 6.54 Å². The van der Waals surface area contributed by atoms with Crippen molar-refractivity contribution in [2.45, 2.75) is 53.0 Å². The van der Waals surface area contributed by atoms with Crippen LogP contribution in [0.1, 0.15) is 60.0 Å². The minimum Gasteiger partial charge on any atom is -0.294 e. The number of benzene rings is 2. The third-order valence-corrected chi connectivity index (χ3v) is 6.56. The summed E-state index contributed by atoms with van der Waals surface area (Å²) in [5.41, 5.74) is 7.02. The molecule has 0 spiro atoms. The van der Waals surface area contributed by atoms with E-state index in [1.165, 1.54) is 29.5 Å². The summed E-state index contributed by atoms with van der Waals surface area (Å²) in [5, 5.41) is 6.64. The Hall–Kier alpha value is -2.46. The zero-order valence-corrected chi connectivity index (χ0v) is 18.7. The van der Waals surface area contributed by atoms with Gasteiger partial charge in [-0.15, -0.1) is 0 Å². The molecule has 0 saturated carbocycles. The highest BCUT2D eigenvalue weighted by molar-refractivity contribution is 6.04. The smallest absolute Gasteiger partial charge is 0.257 e. The molecule has 0 unspecified atom stereocenters. The molecule has 2 aromatic rings. The molecule has 2 aromatic carbocycles. The average molecular weight is 404 g/mol. The summed E-state index contributed by atoms with van der Waals surface area (Å²) in [4.78, 5) is 15.6. The molecule has 2 heterocycles. The number of hydrogen-bond acceptors (Lipinski definition) is 3. The maximum Gasteiger partial charge on any atom is 0.257 e. The summed E-state index contributed by atoms with van der Waals surface area (Å²) >= 11 is 0. The summed E-state index contributed by atoms with van der Waals surface area (Å²) in [5.74, 6) is 0.868. The van der Waals surface area contributed by atoms with Gasteiger partial charge >= 0.3 is 0 Å². The lowest BCUT2D eigenvalue weighted by molar-refractivity contribution is -0.134. The van der Waals surface area contributed by atoms with Crippen LogP contribution in [0.5, 0.6) is 0 Å². The second-order valence-corrected chi connectivity index (χ2v) is 9.19. The fraction of sp³-hybridized carbons (Fsp3) is 0.462. The first-order valence-electron chi connectivity index (χ1n) is 11.2. The Morgan fingerprint density at radius 2 is 1.67 bits per heavy atom. The van der Waals surface area contributed by atoms with Crippen LogP contribution in [0.3, 0.4) is 0 Å². The van der Waals surface area contributed by atoms with Crippen molar-refractivity contribution in [2.24, 2.45) is 11.0 Å². The Bertz CT molecular complexity index is 939. The molecule has 0 bridgehead atoms. The van der Waals surface area contributed by atoms with Crippen LogP contribution in [0, 0.1) is 26.7 Å². The van der Waals surface area contributed by atoms with E-state index < -0.39 is 0 Å². The second kappa shape index (κ2) is 8.73. The minimum absolute atomic E-state index is 0.0301. The molecule has 158 valence electrons. The topological polar surface area (TPSA) is 35.9 Å². The number of carbonyl (C=O) groups excluding carboxylic acids is 1. The van der Waals surface area contributed by atoms with E-state index in [2.05, 4.69) is 75.1 Å². The summed E-state index contributed by atoms with van der Waals surface area (Å²) in [6.07, 6.45) is 3.10. The molecule has 2 aliphatic heterocycles. The van der Waals surface area contributed by atoms with E-state index in [0.717, 1.165) is 42.3 Å². The van der Waals surface area contributed by atoms with E-state index in [9.17, 15) is 4.79 Å². The summed E-state index contributed by atoms with van der Waals surface area (Å²) in [6.45, 7) is 11.1. The van der Waals surface area contributed by atoms with Gasteiger partial charge in [-0.2, -0.15) is 5.10 Å². The Kier molecular flexibility index (Phi) is 6.05. The predicted octanol–water partition coefficient (Wildman–Crippen LogP) is 5.02. The van der Waals surface area contributed by atoms with Crippen molar-refractivity contribution in [3.63, 3.8) is 0 Å². The van der Waals surface area contributed by atoms with Crippen molar-refractivity contribution < 1.29 is 4.79 Å². The average Bonchev–Trinajstić information content (AvgIpc) is 3.15. The van der Waals surface area contributed by atoms with E-state index >= 15 is 0 Å². The van der Waals surface area contributed by atoms with Gasteiger partial charge in [0.1, 0.15) is 0 Å². The number of nitrogens with zero attached hydrogens (tertiary/aromatic N) is 3. The van der Waals surface area contributed by atoms with Crippen LogP contribution < -0.4 is 0 Å². The molecular formula is C26H33N3O. The monoisotopic (exact) mass is 403 g/mol. The second-order valence-electron chi connectivity index (χ2n) is 9.19. The lowest BCUT2D eigenvalue weighted by Crippen LogP contribution is -2.41. The van der Waals surface area contributed by atoms with Gasteiger partial charge in [-0.25, -0.2) is 5.01 Å². The molecule has 2 aliphatic rings. The summed E-state index contributed by atoms with van der Waals surface area (Å²) < 4.78 is 0. The molecule has 1 saturated heterocycles. The lowest BCUT2D eigenvalue weighted by atomic mass is 9.95. The van der Waals surface area contributed by atoms with Crippen LogP contribution in [-0.4, -0.2) is 41.2 Å². The summed E-state index contributed by atoms with van der Waals surface area (Å²) in [6, 6.07) is 15.0. The Labute approximate surface area is 180 Å². The van der Waals surface area contributed by atoms with Gasteiger partial charge in [0.25, 0.3) is 5.91 Å². The highest BCUT2D eigenvalue weighted by Gasteiger charge is 2.34. The zero-order valence-electron chi connectivity index (χ0n) is 18.7. The molecule has 1 fully saturated rings. The molecular weight excluding hydrogens is 370 g/mol. The number of amides is 1. The largest absolute Gasteiger partial charge is 0.294 e. The number of hydrogen-bond donors (Lipinski definition) is 0. The van der Waals surface area contributed by atoms with Crippen LogP contribution in [0.15, 0.2) is 47.6 Å². The first-order valence-corrected chi connectivity index (χ1v) is 11.2. The molecule has 0 aliphatic carbocycles. The third-order valence-electron chi connectivity index (χ3n) is 6.56. The number of aryl methyl sites for hydroxylation is 3. The molecule has 30 heavy (non-hydrogen) atoms. The zero-order chi connectivity index (χ0) is 21.3. The summed E-state index contributed by atoms with van der Waals surface area (Å²) in [7, 11) is 0. The van der Waals surface area contributed by atoms with Gasteiger partial charge in [-0.3, -0.25) is 9.69 Å². The fourth-order valence-corrected chi connectivity index (χ4v) is 4.57. The number of carbonyl (C=O) groups is 1. The highest BCUT2D eigenvalue weighted by atomic mass is 16.2. The Morgan fingerprint density at radius 3 is 2.33 bits per heavy atom. The maximum absolute atomic E-state index is 13.3. The number of hydrazone groups is 1. The van der Waals surface area contributed by atoms with Gasteiger partial charge in [-0.05, 0) is 63.7 Å². The van der Waals surface area contributed by atoms with E-state index in [1.54, 1.807) is 5.01 Å². The van der Waals surface area contributed by atoms with Crippen LogP contribution in [0.25, 0.3) is 0 Å². The quantitative estimate of drug-likeness (QED) is 0.718. The number of likely N-dealkylation sites (tertiary alicyclic amines) is 1. The number of rotatable bonds is 4. The van der Waals surface area contributed by atoms with Crippen molar-refractivity contribution in [1.82, 2.24) is 9.91 Å². The molecule has 0 N–H and O–H groups in total. The molecule has 4 heteroatoms. The number of piperidine rings is 1. The Morgan fingerprint density at radius 1 is 1.00 bits per heavy atom. The molecule has 1 atom stereocenters. The van der Waals surface area contributed by atoms with Gasteiger partial charge in [-0.1, -0.05) is 60.5 Å². The minimum atomic E-state index is -0.0301. The molecule has 4 nitrogen and oxygen atoms in total. The van der Waals surface area contributed by atoms with Crippen LogP contribution in [0.4, 0.5) is 0 Å². The molecule has 0 aromatic heterocycles. The Balaban J connectivity index is 1.60. The van der Waals surface area contributed by atoms with Crippen molar-refractivity contribution in [3.05, 3.63) is 70.3 Å². The van der Waals surface area contributed by atoms with Crippen molar-refractivity contribution in [3.8, 4) is 0 Å². The van der Waals surface area contributed by atoms with E-state index in [1.807, 2.05) is 0 Å². The first kappa shape index (κ1) is 20.8. The normalized spacial score (nSPS) is 20.5. The van der Waals surface area contributed by atoms with Gasteiger partial charge in [0.15, 0.2) is 0 Å². The molecule has 1 amide bonds. The standard InChI is InChI=1S/C26H33N3O/c1-18-5-8-22(9-6-18)25-16-24(23-10-7-20(3)15-21(23)4)27-29(25)26(30)17-28-13-11-19(2)12-14-28/h5-10,15,19,25H,11-14,16-17H2,1-4H3/t25-/m0/s1. The van der Waals surface area contributed by atoms with Gasteiger partial charge in [0, 0.05) is 12.0 Å². The van der Waals surface area contributed by atoms with Gasteiger partial charge in [0.05, 0.1) is 18.3 Å². The lowest BCUT2D eigenvalue weighted by Gasteiger charge is -2.31. The van der Waals surface area contributed by atoms with Gasteiger partial charge in [0.2, 0.25) is 0 Å². The third kappa shape index (κ3) is 4.49. The maximum atomic E-state index is 13.3. The van der Waals surface area contributed by atoms with Crippen LogP contribution in [-0.2, 0) is 4.79 Å². The van der Waals surface area contributed by atoms with Crippen LogP contribution in [0.2, 0.25) is 0 Å². The van der Waals surface area contributed by atoms with Crippen LogP contribution >= 0.6 is 0 Å². The fourth-order valence-electron chi connectivity index (χ4n) is 4.57. The molecule has 4 rings (SSSR count). The van der Waals surface area contributed by atoms with Crippen molar-refractivity contribution >= 4 is 11.6 Å². The van der Waals surface area contributed by atoms with Crippen molar-refractivity contribution in [1.29, 1.82) is 0 Å². The van der Waals surface area contributed by atoms with Crippen molar-refractivity contribution in [2.75, 3.05) is 19.6 Å². The predicted molar refractivity (Wildman–Crippen MR) is 123 cm³/mol. The highest BCUT2D eigenvalue weighted by Crippen LogP contribution is 2.34. The van der Waals surface area contributed by atoms with Gasteiger partial charge < -0.3 is 0 Å². The first-order chi connectivity index (χ1) is 14.4. The molecule has 0 radical (unpaired) electrons.